The summed E-state index contributed by atoms with van der Waals surface area (Å²) in [7, 11) is -3.55. The number of piperidine rings is 1. The van der Waals surface area contributed by atoms with Crippen molar-refractivity contribution in [2.24, 2.45) is 0 Å². The zero-order valence-electron chi connectivity index (χ0n) is 15.1. The quantitative estimate of drug-likeness (QED) is 0.815. The molecule has 1 aliphatic rings. The Kier molecular flexibility index (Phi) is 5.76. The summed E-state index contributed by atoms with van der Waals surface area (Å²) >= 11 is 0. The van der Waals surface area contributed by atoms with Crippen molar-refractivity contribution in [1.82, 2.24) is 14.6 Å². The predicted molar refractivity (Wildman–Crippen MR) is 102 cm³/mol. The van der Waals surface area contributed by atoms with Crippen molar-refractivity contribution in [2.45, 2.75) is 43.7 Å². The van der Waals surface area contributed by atoms with Gasteiger partial charge in [-0.1, -0.05) is 12.5 Å². The van der Waals surface area contributed by atoms with E-state index in [1.165, 1.54) is 36.5 Å². The first-order valence-electron chi connectivity index (χ1n) is 8.95. The van der Waals surface area contributed by atoms with Crippen LogP contribution in [0.2, 0.25) is 0 Å². The van der Waals surface area contributed by atoms with Crippen LogP contribution in [0.15, 0.2) is 52.3 Å². The molecule has 0 saturated carbocycles. The second-order valence-electron chi connectivity index (χ2n) is 6.73. The summed E-state index contributed by atoms with van der Waals surface area (Å²) in [5.74, 6) is -0.309. The molecule has 0 radical (unpaired) electrons. The van der Waals surface area contributed by atoms with Gasteiger partial charge in [-0.2, -0.15) is 4.31 Å². The Morgan fingerprint density at radius 2 is 1.93 bits per heavy atom. The van der Waals surface area contributed by atoms with E-state index >= 15 is 0 Å². The largest absolute Gasteiger partial charge is 0.348 e. The molecule has 8 heteroatoms. The molecule has 7 nitrogen and oxygen atoms in total. The number of pyridine rings is 1. The maximum absolute atomic E-state index is 12.8. The van der Waals surface area contributed by atoms with E-state index in [2.05, 4.69) is 10.3 Å². The topological polar surface area (TPSA) is 99.3 Å². The van der Waals surface area contributed by atoms with Gasteiger partial charge < -0.3 is 10.3 Å². The standard InChI is InChI=1S/C19H23N3O4S/c1-14-4-2-3-11-22(14)27(25,26)17-8-6-16(7-9-17)19(24)21-13-15-5-10-18(23)20-12-15/h5-10,12,14H,2-4,11,13H2,1H3,(H,20,23)(H,21,24)/t14-/m0/s1. The predicted octanol–water partition coefficient (Wildman–Crippen LogP) is 1.87. The minimum absolute atomic E-state index is 0.0101. The molecule has 2 N–H and O–H groups in total. The lowest BCUT2D eigenvalue weighted by Crippen LogP contribution is -2.41. The smallest absolute Gasteiger partial charge is 0.251 e. The first-order valence-corrected chi connectivity index (χ1v) is 10.4. The van der Waals surface area contributed by atoms with Crippen LogP contribution in [0.1, 0.15) is 42.1 Å². The summed E-state index contributed by atoms with van der Waals surface area (Å²) in [5, 5.41) is 2.74. The van der Waals surface area contributed by atoms with Gasteiger partial charge in [-0.3, -0.25) is 9.59 Å². The minimum atomic E-state index is -3.55. The van der Waals surface area contributed by atoms with Crippen LogP contribution in [-0.4, -0.2) is 36.2 Å². The van der Waals surface area contributed by atoms with E-state index in [0.29, 0.717) is 12.1 Å². The van der Waals surface area contributed by atoms with Crippen molar-refractivity contribution in [3.63, 3.8) is 0 Å². The zero-order valence-corrected chi connectivity index (χ0v) is 16.0. The Balaban J connectivity index is 1.68. The number of carbonyl (C=O) groups is 1. The third-order valence-electron chi connectivity index (χ3n) is 4.77. The van der Waals surface area contributed by atoms with Crippen LogP contribution in [0.25, 0.3) is 0 Å². The lowest BCUT2D eigenvalue weighted by atomic mass is 10.1. The fraction of sp³-hybridized carbons (Fsp3) is 0.368. The molecule has 0 unspecified atom stereocenters. The van der Waals surface area contributed by atoms with E-state index in [9.17, 15) is 18.0 Å². The van der Waals surface area contributed by atoms with Crippen LogP contribution in [0.3, 0.4) is 0 Å². The van der Waals surface area contributed by atoms with Gasteiger partial charge >= 0.3 is 0 Å². The van der Waals surface area contributed by atoms with Gasteiger partial charge in [0.15, 0.2) is 0 Å². The number of carbonyl (C=O) groups excluding carboxylic acids is 1. The number of benzene rings is 1. The lowest BCUT2D eigenvalue weighted by Gasteiger charge is -2.32. The molecule has 1 aromatic carbocycles. The molecule has 1 aromatic heterocycles. The van der Waals surface area contributed by atoms with E-state index in [-0.39, 0.29) is 28.9 Å². The van der Waals surface area contributed by atoms with Gasteiger partial charge in [-0.05, 0) is 49.6 Å². The van der Waals surface area contributed by atoms with Crippen LogP contribution in [0.4, 0.5) is 0 Å². The van der Waals surface area contributed by atoms with Crippen LogP contribution < -0.4 is 10.9 Å². The third-order valence-corrected chi connectivity index (χ3v) is 6.79. The number of aromatic nitrogens is 1. The molecule has 144 valence electrons. The van der Waals surface area contributed by atoms with E-state index in [1.807, 2.05) is 6.92 Å². The van der Waals surface area contributed by atoms with Crippen molar-refractivity contribution in [3.8, 4) is 0 Å². The molecule has 3 rings (SSSR count). The monoisotopic (exact) mass is 389 g/mol. The van der Waals surface area contributed by atoms with E-state index in [0.717, 1.165) is 24.8 Å². The van der Waals surface area contributed by atoms with Crippen molar-refractivity contribution >= 4 is 15.9 Å². The SMILES string of the molecule is C[C@H]1CCCCN1S(=O)(=O)c1ccc(C(=O)NCc2ccc(=O)[nH]c2)cc1. The highest BCUT2D eigenvalue weighted by Gasteiger charge is 2.30. The van der Waals surface area contributed by atoms with Crippen LogP contribution >= 0.6 is 0 Å². The molecule has 27 heavy (non-hydrogen) atoms. The molecular formula is C19H23N3O4S. The first-order chi connectivity index (χ1) is 12.9. The molecule has 1 fully saturated rings. The Labute approximate surface area is 158 Å². The average molecular weight is 389 g/mol. The molecule has 1 saturated heterocycles. The molecule has 1 amide bonds. The summed E-state index contributed by atoms with van der Waals surface area (Å²) in [5.41, 5.74) is 0.941. The number of nitrogens with one attached hydrogen (secondary N) is 2. The number of rotatable bonds is 5. The minimum Gasteiger partial charge on any atom is -0.348 e. The van der Waals surface area contributed by atoms with Crippen molar-refractivity contribution in [1.29, 1.82) is 0 Å². The molecule has 2 aromatic rings. The summed E-state index contributed by atoms with van der Waals surface area (Å²) in [6.45, 7) is 2.72. The van der Waals surface area contributed by atoms with Gasteiger partial charge in [0.05, 0.1) is 4.90 Å². The number of nitrogens with zero attached hydrogens (tertiary/aromatic N) is 1. The number of H-pyrrole nitrogens is 1. The maximum atomic E-state index is 12.8. The Bertz CT molecular complexity index is 947. The summed E-state index contributed by atoms with van der Waals surface area (Å²) in [6.07, 6.45) is 4.32. The summed E-state index contributed by atoms with van der Waals surface area (Å²) < 4.78 is 27.2. The maximum Gasteiger partial charge on any atom is 0.251 e. The van der Waals surface area contributed by atoms with Gasteiger partial charge in [-0.25, -0.2) is 8.42 Å². The summed E-state index contributed by atoms with van der Waals surface area (Å²) in [4.78, 5) is 26.0. The van der Waals surface area contributed by atoms with Crippen LogP contribution in [-0.2, 0) is 16.6 Å². The number of sulfonamides is 1. The fourth-order valence-corrected chi connectivity index (χ4v) is 4.88. The molecule has 1 aliphatic heterocycles. The van der Waals surface area contributed by atoms with Crippen molar-refractivity contribution < 1.29 is 13.2 Å². The summed E-state index contributed by atoms with van der Waals surface area (Å²) in [6, 6.07) is 9.01. The molecule has 1 atom stereocenters. The normalized spacial score (nSPS) is 18.2. The second kappa shape index (κ2) is 8.06. The number of hydrogen-bond donors (Lipinski definition) is 2. The fourth-order valence-electron chi connectivity index (χ4n) is 3.18. The molecule has 2 heterocycles. The zero-order chi connectivity index (χ0) is 19.4. The van der Waals surface area contributed by atoms with Gasteiger partial charge in [0, 0.05) is 37.0 Å². The van der Waals surface area contributed by atoms with Gasteiger partial charge in [0.1, 0.15) is 0 Å². The van der Waals surface area contributed by atoms with Crippen molar-refractivity contribution in [2.75, 3.05) is 6.54 Å². The van der Waals surface area contributed by atoms with Gasteiger partial charge in [0.25, 0.3) is 5.91 Å². The van der Waals surface area contributed by atoms with Gasteiger partial charge in [-0.15, -0.1) is 0 Å². The number of hydrogen-bond acceptors (Lipinski definition) is 4. The Morgan fingerprint density at radius 1 is 1.19 bits per heavy atom. The number of amides is 1. The molecule has 0 aliphatic carbocycles. The second-order valence-corrected chi connectivity index (χ2v) is 8.62. The van der Waals surface area contributed by atoms with Crippen LogP contribution in [0.5, 0.6) is 0 Å². The van der Waals surface area contributed by atoms with Gasteiger partial charge in [0.2, 0.25) is 15.6 Å². The molecule has 0 bridgehead atoms. The Hall–Kier alpha value is -2.45. The highest BCUT2D eigenvalue weighted by molar-refractivity contribution is 7.89. The highest BCUT2D eigenvalue weighted by Crippen LogP contribution is 2.25. The Morgan fingerprint density at radius 3 is 2.56 bits per heavy atom. The third kappa shape index (κ3) is 4.45. The van der Waals surface area contributed by atoms with Crippen LogP contribution in [0, 0.1) is 0 Å². The number of aromatic amines is 1. The van der Waals surface area contributed by atoms with Crippen molar-refractivity contribution in [3.05, 3.63) is 64.1 Å². The molecule has 0 spiro atoms. The molecular weight excluding hydrogens is 366 g/mol. The highest BCUT2D eigenvalue weighted by atomic mass is 32.2. The van der Waals surface area contributed by atoms with E-state index < -0.39 is 10.0 Å². The van der Waals surface area contributed by atoms with E-state index in [4.69, 9.17) is 0 Å². The van der Waals surface area contributed by atoms with E-state index in [1.54, 1.807) is 10.4 Å². The lowest BCUT2D eigenvalue weighted by molar-refractivity contribution is 0.0950. The average Bonchev–Trinajstić information content (AvgIpc) is 2.67. The first kappa shape index (κ1) is 19.3.